The first-order chi connectivity index (χ1) is 16.4. The SMILES string of the molecule is CC[C@H](C)NC(=O)[C@H](C)N(Cc1cccc(C)c1)C(=O)CCCN(c1ccc(Cl)cc1)S(C)(=O)=O. The van der Waals surface area contributed by atoms with E-state index >= 15 is 0 Å². The number of anilines is 1. The van der Waals surface area contributed by atoms with Gasteiger partial charge in [0.15, 0.2) is 0 Å². The summed E-state index contributed by atoms with van der Waals surface area (Å²) in [6, 6.07) is 13.7. The maximum absolute atomic E-state index is 13.3. The third kappa shape index (κ3) is 8.85. The van der Waals surface area contributed by atoms with Crippen LogP contribution in [0.15, 0.2) is 48.5 Å². The van der Waals surface area contributed by atoms with Gasteiger partial charge in [0.2, 0.25) is 21.8 Å². The van der Waals surface area contributed by atoms with E-state index in [1.165, 1.54) is 4.31 Å². The number of benzene rings is 2. The van der Waals surface area contributed by atoms with Gasteiger partial charge in [-0.25, -0.2) is 8.42 Å². The van der Waals surface area contributed by atoms with Crippen LogP contribution in [0.4, 0.5) is 5.69 Å². The Morgan fingerprint density at radius 1 is 1.09 bits per heavy atom. The molecule has 0 saturated heterocycles. The molecule has 2 amide bonds. The number of halogens is 1. The van der Waals surface area contributed by atoms with Crippen molar-refractivity contribution in [3.05, 3.63) is 64.7 Å². The first-order valence-corrected chi connectivity index (χ1v) is 14.0. The molecule has 2 atom stereocenters. The maximum atomic E-state index is 13.3. The summed E-state index contributed by atoms with van der Waals surface area (Å²) in [4.78, 5) is 27.7. The van der Waals surface area contributed by atoms with E-state index in [4.69, 9.17) is 11.6 Å². The third-order valence-corrected chi connectivity index (χ3v) is 7.32. The number of nitrogens with zero attached hydrogens (tertiary/aromatic N) is 2. The van der Waals surface area contributed by atoms with Gasteiger partial charge >= 0.3 is 0 Å². The van der Waals surface area contributed by atoms with Gasteiger partial charge in [0.05, 0.1) is 11.9 Å². The second-order valence-corrected chi connectivity index (χ2v) is 11.3. The molecule has 0 aliphatic carbocycles. The molecule has 1 N–H and O–H groups in total. The van der Waals surface area contributed by atoms with Gasteiger partial charge < -0.3 is 10.2 Å². The van der Waals surface area contributed by atoms with Crippen molar-refractivity contribution in [1.82, 2.24) is 10.2 Å². The van der Waals surface area contributed by atoms with Crippen molar-refractivity contribution < 1.29 is 18.0 Å². The second-order valence-electron chi connectivity index (χ2n) is 8.92. The van der Waals surface area contributed by atoms with Gasteiger partial charge in [-0.3, -0.25) is 13.9 Å². The summed E-state index contributed by atoms with van der Waals surface area (Å²) < 4.78 is 26.0. The minimum Gasteiger partial charge on any atom is -0.352 e. The lowest BCUT2D eigenvalue weighted by molar-refractivity contribution is -0.140. The van der Waals surface area contributed by atoms with E-state index in [-0.39, 0.29) is 30.8 Å². The number of hydrogen-bond donors (Lipinski definition) is 1. The average Bonchev–Trinajstić information content (AvgIpc) is 2.79. The number of aryl methyl sites for hydroxylation is 1. The first kappa shape index (κ1) is 28.7. The molecule has 0 radical (unpaired) electrons. The fourth-order valence-electron chi connectivity index (χ4n) is 3.67. The molecular formula is C26H36ClN3O4S. The molecule has 0 aliphatic rings. The Morgan fingerprint density at radius 2 is 1.74 bits per heavy atom. The molecule has 192 valence electrons. The van der Waals surface area contributed by atoms with Crippen LogP contribution in [0, 0.1) is 6.92 Å². The molecule has 0 aromatic heterocycles. The van der Waals surface area contributed by atoms with E-state index in [0.29, 0.717) is 23.7 Å². The van der Waals surface area contributed by atoms with Crippen molar-refractivity contribution in [2.75, 3.05) is 17.1 Å². The number of sulfonamides is 1. The topological polar surface area (TPSA) is 86.8 Å². The van der Waals surface area contributed by atoms with Crippen LogP contribution in [-0.2, 0) is 26.2 Å². The predicted octanol–water partition coefficient (Wildman–Crippen LogP) is 4.53. The van der Waals surface area contributed by atoms with Crippen LogP contribution < -0.4 is 9.62 Å². The Bertz CT molecular complexity index is 1110. The first-order valence-electron chi connectivity index (χ1n) is 11.8. The highest BCUT2D eigenvalue weighted by Crippen LogP contribution is 2.21. The lowest BCUT2D eigenvalue weighted by Crippen LogP contribution is -2.49. The number of nitrogens with one attached hydrogen (secondary N) is 1. The largest absolute Gasteiger partial charge is 0.352 e. The van der Waals surface area contributed by atoms with Crippen LogP contribution in [0.3, 0.4) is 0 Å². The van der Waals surface area contributed by atoms with Crippen molar-refractivity contribution >= 4 is 39.1 Å². The third-order valence-electron chi connectivity index (χ3n) is 5.87. The summed E-state index contributed by atoms with van der Waals surface area (Å²) in [5, 5.41) is 3.46. The molecule has 2 aromatic rings. The highest BCUT2D eigenvalue weighted by Gasteiger charge is 2.27. The van der Waals surface area contributed by atoms with E-state index in [2.05, 4.69) is 5.32 Å². The van der Waals surface area contributed by atoms with E-state index in [0.717, 1.165) is 23.8 Å². The van der Waals surface area contributed by atoms with E-state index in [1.807, 2.05) is 45.0 Å². The summed E-state index contributed by atoms with van der Waals surface area (Å²) in [6.07, 6.45) is 2.33. The Labute approximate surface area is 214 Å². The monoisotopic (exact) mass is 521 g/mol. The lowest BCUT2D eigenvalue weighted by Gasteiger charge is -2.30. The van der Waals surface area contributed by atoms with Crippen LogP contribution in [0.25, 0.3) is 0 Å². The number of hydrogen-bond acceptors (Lipinski definition) is 4. The normalized spacial score (nSPS) is 13.1. The molecular weight excluding hydrogens is 486 g/mol. The molecule has 0 aliphatic heterocycles. The molecule has 0 fully saturated rings. The summed E-state index contributed by atoms with van der Waals surface area (Å²) in [5.74, 6) is -0.415. The molecule has 7 nitrogen and oxygen atoms in total. The number of amides is 2. The molecule has 0 heterocycles. The highest BCUT2D eigenvalue weighted by atomic mass is 35.5. The Balaban J connectivity index is 2.16. The van der Waals surface area contributed by atoms with Crippen molar-refractivity contribution in [3.63, 3.8) is 0 Å². The van der Waals surface area contributed by atoms with Gasteiger partial charge in [0.1, 0.15) is 6.04 Å². The summed E-state index contributed by atoms with van der Waals surface area (Å²) in [5.41, 5.74) is 2.49. The standard InChI is InChI=1S/C26H36ClN3O4S/c1-6-20(3)28-26(32)21(4)29(18-22-10-7-9-19(2)17-22)25(31)11-8-16-30(35(5,33)34)24-14-12-23(27)13-15-24/h7,9-10,12-15,17,20-21H,6,8,11,16,18H2,1-5H3,(H,28,32)/t20-,21-/m0/s1. The predicted molar refractivity (Wildman–Crippen MR) is 142 cm³/mol. The van der Waals surface area contributed by atoms with Gasteiger partial charge in [0.25, 0.3) is 0 Å². The number of carbonyl (C=O) groups is 2. The molecule has 9 heteroatoms. The molecule has 0 saturated carbocycles. The quantitative estimate of drug-likeness (QED) is 0.444. The van der Waals surface area contributed by atoms with E-state index in [9.17, 15) is 18.0 Å². The lowest BCUT2D eigenvalue weighted by atomic mass is 10.1. The van der Waals surface area contributed by atoms with Crippen molar-refractivity contribution in [3.8, 4) is 0 Å². The molecule has 0 spiro atoms. The second kappa shape index (κ2) is 12.9. The van der Waals surface area contributed by atoms with Crippen molar-refractivity contribution in [2.24, 2.45) is 0 Å². The van der Waals surface area contributed by atoms with Crippen LogP contribution >= 0.6 is 11.6 Å². The Hall–Kier alpha value is -2.58. The van der Waals surface area contributed by atoms with Crippen LogP contribution in [-0.4, -0.2) is 50.0 Å². The van der Waals surface area contributed by atoms with Gasteiger partial charge in [-0.1, -0.05) is 48.4 Å². The van der Waals surface area contributed by atoms with Crippen LogP contribution in [0.1, 0.15) is 51.2 Å². The summed E-state index contributed by atoms with van der Waals surface area (Å²) in [6.45, 7) is 8.04. The number of rotatable bonds is 12. The molecule has 2 rings (SSSR count). The van der Waals surface area contributed by atoms with Gasteiger partial charge in [-0.2, -0.15) is 0 Å². The molecule has 0 unspecified atom stereocenters. The Morgan fingerprint density at radius 3 is 2.31 bits per heavy atom. The zero-order valence-corrected chi connectivity index (χ0v) is 22.7. The zero-order chi connectivity index (χ0) is 26.2. The van der Waals surface area contributed by atoms with Gasteiger partial charge in [0, 0.05) is 30.6 Å². The van der Waals surface area contributed by atoms with Crippen LogP contribution in [0.5, 0.6) is 0 Å². The fraction of sp³-hybridized carbons (Fsp3) is 0.462. The molecule has 2 aromatic carbocycles. The van der Waals surface area contributed by atoms with E-state index < -0.39 is 16.1 Å². The minimum absolute atomic E-state index is 0.00330. The highest BCUT2D eigenvalue weighted by molar-refractivity contribution is 7.92. The summed E-state index contributed by atoms with van der Waals surface area (Å²) in [7, 11) is -3.55. The smallest absolute Gasteiger partial charge is 0.242 e. The van der Waals surface area contributed by atoms with E-state index in [1.54, 1.807) is 36.1 Å². The van der Waals surface area contributed by atoms with Crippen molar-refractivity contribution in [2.45, 2.75) is 65.6 Å². The fourth-order valence-corrected chi connectivity index (χ4v) is 4.76. The summed E-state index contributed by atoms with van der Waals surface area (Å²) >= 11 is 5.93. The van der Waals surface area contributed by atoms with Gasteiger partial charge in [-0.05, 0) is 63.4 Å². The Kier molecular flexibility index (Phi) is 10.6. The average molecular weight is 522 g/mol. The minimum atomic E-state index is -3.55. The molecule has 0 bridgehead atoms. The van der Waals surface area contributed by atoms with Crippen LogP contribution in [0.2, 0.25) is 5.02 Å². The zero-order valence-electron chi connectivity index (χ0n) is 21.1. The molecule has 35 heavy (non-hydrogen) atoms. The maximum Gasteiger partial charge on any atom is 0.242 e. The van der Waals surface area contributed by atoms with Gasteiger partial charge in [-0.15, -0.1) is 0 Å². The number of carbonyl (C=O) groups excluding carboxylic acids is 2. The van der Waals surface area contributed by atoms with Crippen molar-refractivity contribution in [1.29, 1.82) is 0 Å².